The Balaban J connectivity index is 3.37. The van der Waals surface area contributed by atoms with Gasteiger partial charge in [0, 0.05) is 0 Å². The zero-order chi connectivity index (χ0) is 23.0. The molecule has 0 aromatic heterocycles. The number of rotatable bonds is 8. The number of hydrogen-bond donors (Lipinski definition) is 0. The van der Waals surface area contributed by atoms with Gasteiger partial charge in [0.15, 0.2) is 0 Å². The average Bonchev–Trinajstić information content (AvgIpc) is 2.97. The second-order valence-electron chi connectivity index (χ2n) is 4.92. The van der Waals surface area contributed by atoms with Crippen LogP contribution >= 0.6 is 0 Å². The Morgan fingerprint density at radius 2 is 1.07 bits per heavy atom. The molecule has 1 atom stereocenters. The SMILES string of the molecule is O=C(F)C(F)(F)C(F)(F)C(F)(F)C(F)(F)C(F)(F)OC(F)(F)C1(F)OC1(F)F. The Hall–Kier alpha value is -1.53. The summed E-state index contributed by atoms with van der Waals surface area (Å²) in [6.07, 6.45) is -20.4. The fraction of sp³-hybridized carbons (Fsp3) is 0.889. The molecule has 1 aliphatic rings. The van der Waals surface area contributed by atoms with Crippen molar-refractivity contribution < 1.29 is 84.5 Å². The van der Waals surface area contributed by atoms with E-state index in [0.29, 0.717) is 0 Å². The number of alkyl halides is 15. The molecule has 1 aliphatic heterocycles. The first-order valence-corrected chi connectivity index (χ1v) is 5.79. The van der Waals surface area contributed by atoms with Gasteiger partial charge < -0.3 is 0 Å². The minimum Gasteiger partial charge on any atom is -0.263 e. The lowest BCUT2D eigenvalue weighted by Crippen LogP contribution is -2.69. The van der Waals surface area contributed by atoms with E-state index in [9.17, 15) is 75.0 Å². The van der Waals surface area contributed by atoms with Crippen molar-refractivity contribution in [2.45, 2.75) is 47.9 Å². The van der Waals surface area contributed by atoms with Crippen LogP contribution in [0.4, 0.5) is 70.2 Å². The molecule has 0 bridgehead atoms. The van der Waals surface area contributed by atoms with Crippen LogP contribution in [0.1, 0.15) is 0 Å². The highest BCUT2D eigenvalue weighted by Gasteiger charge is 2.94. The van der Waals surface area contributed by atoms with Crippen molar-refractivity contribution in [3.63, 3.8) is 0 Å². The van der Waals surface area contributed by atoms with E-state index >= 15 is 0 Å². The molecular weight excluding hydrogens is 460 g/mol. The Morgan fingerprint density at radius 3 is 1.36 bits per heavy atom. The lowest BCUT2D eigenvalue weighted by Gasteiger charge is -2.38. The van der Waals surface area contributed by atoms with Crippen molar-refractivity contribution in [1.29, 1.82) is 0 Å². The molecule has 0 aromatic rings. The maximum Gasteiger partial charge on any atom is 0.430 e. The summed E-state index contributed by atoms with van der Waals surface area (Å²) >= 11 is 0. The van der Waals surface area contributed by atoms with Crippen molar-refractivity contribution in [3.8, 4) is 0 Å². The molecule has 0 aliphatic carbocycles. The van der Waals surface area contributed by atoms with Crippen LogP contribution < -0.4 is 0 Å². The maximum atomic E-state index is 13.0. The largest absolute Gasteiger partial charge is 0.430 e. The number of carbonyl (C=O) groups excluding carboxylic acids is 1. The smallest absolute Gasteiger partial charge is 0.263 e. The Kier molecular flexibility index (Phi) is 5.04. The van der Waals surface area contributed by atoms with Crippen LogP contribution in [0.15, 0.2) is 0 Å². The molecule has 0 saturated carbocycles. The standard InChI is InChI=1S/C9F16O3/c10-1(26)2(11,12)3(13,14)4(15,16)5(17,18)7(20,21)28-9(24,25)6(19)8(22,23)27-6. The van der Waals surface area contributed by atoms with E-state index in [-0.39, 0.29) is 0 Å². The molecule has 1 rings (SSSR count). The Morgan fingerprint density at radius 1 is 0.714 bits per heavy atom. The van der Waals surface area contributed by atoms with Gasteiger partial charge in [-0.05, 0) is 0 Å². The molecule has 0 N–H and O–H groups in total. The first kappa shape index (κ1) is 24.5. The van der Waals surface area contributed by atoms with Gasteiger partial charge in [-0.25, -0.2) is 4.74 Å². The summed E-state index contributed by atoms with van der Waals surface area (Å²) < 4.78 is 207. The molecule has 0 amide bonds. The lowest BCUT2D eigenvalue weighted by molar-refractivity contribution is -0.492. The minimum atomic E-state index is -8.25. The zero-order valence-electron chi connectivity index (χ0n) is 11.8. The van der Waals surface area contributed by atoms with Gasteiger partial charge in [0.05, 0.1) is 0 Å². The summed E-state index contributed by atoms with van der Waals surface area (Å²) in [5, 5.41) is 0. The third kappa shape index (κ3) is 2.88. The van der Waals surface area contributed by atoms with Gasteiger partial charge in [0.2, 0.25) is 0 Å². The molecule has 1 unspecified atom stereocenters. The van der Waals surface area contributed by atoms with E-state index in [2.05, 4.69) is 4.74 Å². The number of ether oxygens (including phenoxy) is 2. The van der Waals surface area contributed by atoms with E-state index in [4.69, 9.17) is 0 Å². The summed E-state index contributed by atoms with van der Waals surface area (Å²) in [4.78, 5) is 9.61. The predicted molar refractivity (Wildman–Crippen MR) is 46.8 cm³/mol. The molecule has 0 aromatic carbocycles. The normalized spacial score (nSPS) is 24.3. The molecule has 166 valence electrons. The summed E-state index contributed by atoms with van der Waals surface area (Å²) in [7, 11) is 0. The van der Waals surface area contributed by atoms with Gasteiger partial charge in [-0.2, -0.15) is 70.2 Å². The molecule has 0 spiro atoms. The van der Waals surface area contributed by atoms with E-state index in [1.54, 1.807) is 0 Å². The molecule has 0 radical (unpaired) electrons. The van der Waals surface area contributed by atoms with Crippen LogP contribution in [0.3, 0.4) is 0 Å². The number of carbonyl (C=O) groups is 1. The molecule has 28 heavy (non-hydrogen) atoms. The molecule has 3 nitrogen and oxygen atoms in total. The fourth-order valence-electron chi connectivity index (χ4n) is 1.37. The highest BCUT2D eigenvalue weighted by molar-refractivity contribution is 5.78. The van der Waals surface area contributed by atoms with Crippen LogP contribution in [-0.2, 0) is 14.3 Å². The highest BCUT2D eigenvalue weighted by Crippen LogP contribution is 2.63. The topological polar surface area (TPSA) is 38.8 Å². The fourth-order valence-corrected chi connectivity index (χ4v) is 1.37. The number of hydrogen-bond acceptors (Lipinski definition) is 3. The average molecular weight is 460 g/mol. The van der Waals surface area contributed by atoms with Crippen LogP contribution in [0.5, 0.6) is 0 Å². The van der Waals surface area contributed by atoms with Crippen molar-refractivity contribution >= 4 is 6.04 Å². The first-order chi connectivity index (χ1) is 11.9. The highest BCUT2D eigenvalue weighted by atomic mass is 19.4. The second kappa shape index (κ2) is 5.76. The van der Waals surface area contributed by atoms with Gasteiger partial charge in [-0.3, -0.25) is 9.53 Å². The van der Waals surface area contributed by atoms with Crippen LogP contribution in [0, 0.1) is 0 Å². The second-order valence-corrected chi connectivity index (χ2v) is 4.92. The molecular formula is C9F16O3. The molecule has 1 saturated heterocycles. The monoisotopic (exact) mass is 460 g/mol. The van der Waals surface area contributed by atoms with Gasteiger partial charge in [-0.1, -0.05) is 0 Å². The third-order valence-electron chi connectivity index (χ3n) is 3.03. The van der Waals surface area contributed by atoms with Gasteiger partial charge in [-0.15, -0.1) is 0 Å². The Labute approximate surface area is 140 Å². The summed E-state index contributed by atoms with van der Waals surface area (Å²) in [6, 6.07) is -4.73. The maximum absolute atomic E-state index is 13.0. The van der Waals surface area contributed by atoms with Gasteiger partial charge in [0.1, 0.15) is 0 Å². The Bertz CT molecular complexity index is 656. The van der Waals surface area contributed by atoms with Crippen molar-refractivity contribution in [2.24, 2.45) is 0 Å². The van der Waals surface area contributed by atoms with Gasteiger partial charge in [0.25, 0.3) is 0 Å². The van der Waals surface area contributed by atoms with Crippen LogP contribution in [0.25, 0.3) is 0 Å². The molecule has 19 heteroatoms. The molecule has 1 heterocycles. The van der Waals surface area contributed by atoms with E-state index in [0.717, 1.165) is 0 Å². The van der Waals surface area contributed by atoms with Crippen LogP contribution in [0.2, 0.25) is 0 Å². The number of halogens is 16. The van der Waals surface area contributed by atoms with E-state index < -0.39 is 53.9 Å². The van der Waals surface area contributed by atoms with Crippen molar-refractivity contribution in [1.82, 2.24) is 0 Å². The molecule has 1 fully saturated rings. The van der Waals surface area contributed by atoms with E-state index in [1.165, 1.54) is 4.74 Å². The number of epoxide rings is 1. The van der Waals surface area contributed by atoms with Crippen LogP contribution in [-0.4, -0.2) is 53.9 Å². The van der Waals surface area contributed by atoms with Gasteiger partial charge >= 0.3 is 53.9 Å². The summed E-state index contributed by atoms with van der Waals surface area (Å²) in [5.74, 6) is -37.8. The van der Waals surface area contributed by atoms with Crippen molar-refractivity contribution in [3.05, 3.63) is 0 Å². The lowest BCUT2D eigenvalue weighted by atomic mass is 9.98. The third-order valence-corrected chi connectivity index (χ3v) is 3.03. The quantitative estimate of drug-likeness (QED) is 0.304. The minimum absolute atomic E-state index is 1.47. The predicted octanol–water partition coefficient (Wildman–Crippen LogP) is 4.51. The summed E-state index contributed by atoms with van der Waals surface area (Å²) in [5.41, 5.74) is 0. The van der Waals surface area contributed by atoms with E-state index in [1.807, 2.05) is 0 Å². The summed E-state index contributed by atoms with van der Waals surface area (Å²) in [6.45, 7) is 0. The zero-order valence-corrected chi connectivity index (χ0v) is 11.8. The van der Waals surface area contributed by atoms with Crippen molar-refractivity contribution in [2.75, 3.05) is 0 Å². The first-order valence-electron chi connectivity index (χ1n) is 5.79.